The van der Waals surface area contributed by atoms with Crippen molar-refractivity contribution in [1.82, 2.24) is 9.55 Å². The predicted molar refractivity (Wildman–Crippen MR) is 94.3 cm³/mol. The molecule has 0 unspecified atom stereocenters. The maximum Gasteiger partial charge on any atom is 0.344 e. The number of nitrogens with zero attached hydrogens (tertiary/aromatic N) is 2. The van der Waals surface area contributed by atoms with Gasteiger partial charge in [-0.25, -0.2) is 19.4 Å². The first kappa shape index (κ1) is 21.4. The van der Waals surface area contributed by atoms with Gasteiger partial charge in [0.1, 0.15) is 5.75 Å². The van der Waals surface area contributed by atoms with Crippen molar-refractivity contribution in [1.29, 1.82) is 0 Å². The van der Waals surface area contributed by atoms with Crippen molar-refractivity contribution < 1.29 is 34.1 Å². The van der Waals surface area contributed by atoms with Crippen LogP contribution in [0.1, 0.15) is 12.5 Å². The van der Waals surface area contributed by atoms with Crippen LogP contribution in [-0.4, -0.2) is 50.9 Å². The van der Waals surface area contributed by atoms with Crippen molar-refractivity contribution in [2.24, 2.45) is 0 Å². The van der Waals surface area contributed by atoms with Crippen LogP contribution in [0.25, 0.3) is 0 Å². The Kier molecular flexibility index (Phi) is 9.40. The van der Waals surface area contributed by atoms with Gasteiger partial charge in [-0.15, -0.1) is 0 Å². The molecule has 1 aromatic heterocycles. The lowest BCUT2D eigenvalue weighted by atomic mass is 10.2. The molecule has 0 saturated heterocycles. The molecule has 2 aromatic rings. The average Bonchev–Trinajstić information content (AvgIpc) is 3.12. The SMILES string of the molecule is CCOC(=O)COc1cccc(Cn2ccnc2)c1.O=C(O)/C=C/C(=O)O. The van der Waals surface area contributed by atoms with Crippen molar-refractivity contribution in [3.63, 3.8) is 0 Å². The summed E-state index contributed by atoms with van der Waals surface area (Å²) < 4.78 is 12.1. The Labute approximate surface area is 155 Å². The lowest BCUT2D eigenvalue weighted by molar-refractivity contribution is -0.145. The highest BCUT2D eigenvalue weighted by atomic mass is 16.6. The normalized spacial score (nSPS) is 9.96. The van der Waals surface area contributed by atoms with E-state index in [9.17, 15) is 14.4 Å². The molecule has 0 atom stereocenters. The molecule has 0 radical (unpaired) electrons. The summed E-state index contributed by atoms with van der Waals surface area (Å²) in [5.41, 5.74) is 1.08. The minimum Gasteiger partial charge on any atom is -0.482 e. The molecule has 1 aromatic carbocycles. The number of imidazole rings is 1. The van der Waals surface area contributed by atoms with E-state index in [2.05, 4.69) is 4.98 Å². The van der Waals surface area contributed by atoms with E-state index < -0.39 is 11.9 Å². The third-order valence-electron chi connectivity index (χ3n) is 2.85. The van der Waals surface area contributed by atoms with Crippen LogP contribution in [0, 0.1) is 0 Å². The van der Waals surface area contributed by atoms with E-state index in [0.29, 0.717) is 24.5 Å². The van der Waals surface area contributed by atoms with Gasteiger partial charge in [-0.1, -0.05) is 12.1 Å². The van der Waals surface area contributed by atoms with Gasteiger partial charge in [-0.2, -0.15) is 0 Å². The molecule has 0 spiro atoms. The van der Waals surface area contributed by atoms with Gasteiger partial charge in [0.2, 0.25) is 0 Å². The van der Waals surface area contributed by atoms with E-state index in [1.807, 2.05) is 35.0 Å². The number of rotatable bonds is 8. The van der Waals surface area contributed by atoms with Crippen LogP contribution in [0.15, 0.2) is 55.1 Å². The summed E-state index contributed by atoms with van der Waals surface area (Å²) >= 11 is 0. The zero-order valence-corrected chi connectivity index (χ0v) is 14.6. The number of aliphatic carboxylic acids is 2. The fourth-order valence-electron chi connectivity index (χ4n) is 1.81. The monoisotopic (exact) mass is 376 g/mol. The van der Waals surface area contributed by atoms with Crippen LogP contribution >= 0.6 is 0 Å². The Hall–Kier alpha value is -3.62. The maximum absolute atomic E-state index is 11.2. The number of esters is 1. The smallest absolute Gasteiger partial charge is 0.344 e. The third-order valence-corrected chi connectivity index (χ3v) is 2.85. The van der Waals surface area contributed by atoms with Crippen molar-refractivity contribution in [2.45, 2.75) is 13.5 Å². The Balaban J connectivity index is 0.000000387. The molecule has 0 fully saturated rings. The van der Waals surface area contributed by atoms with E-state index in [4.69, 9.17) is 19.7 Å². The fraction of sp³-hybridized carbons (Fsp3) is 0.222. The van der Waals surface area contributed by atoms with E-state index in [1.165, 1.54) is 0 Å². The molecule has 9 heteroatoms. The predicted octanol–water partition coefficient (Wildman–Crippen LogP) is 1.59. The summed E-state index contributed by atoms with van der Waals surface area (Å²) in [4.78, 5) is 34.3. The maximum atomic E-state index is 11.2. The molecule has 9 nitrogen and oxygen atoms in total. The van der Waals surface area contributed by atoms with Crippen LogP contribution in [0.5, 0.6) is 5.75 Å². The molecule has 0 aliphatic rings. The van der Waals surface area contributed by atoms with Crippen LogP contribution in [0.2, 0.25) is 0 Å². The lowest BCUT2D eigenvalue weighted by Gasteiger charge is -2.08. The van der Waals surface area contributed by atoms with Gasteiger partial charge < -0.3 is 24.3 Å². The summed E-state index contributed by atoms with van der Waals surface area (Å²) in [6.07, 6.45) is 6.50. The molecule has 0 amide bonds. The highest BCUT2D eigenvalue weighted by molar-refractivity contribution is 5.89. The first-order valence-electron chi connectivity index (χ1n) is 7.87. The largest absolute Gasteiger partial charge is 0.482 e. The van der Waals surface area contributed by atoms with Crippen molar-refractivity contribution in [3.05, 3.63) is 60.7 Å². The number of hydrogen-bond donors (Lipinski definition) is 2. The molecule has 0 aliphatic carbocycles. The van der Waals surface area contributed by atoms with Gasteiger partial charge in [-0.3, -0.25) is 0 Å². The highest BCUT2D eigenvalue weighted by Gasteiger charge is 2.03. The summed E-state index contributed by atoms with van der Waals surface area (Å²) in [6.45, 7) is 2.78. The van der Waals surface area contributed by atoms with E-state index >= 15 is 0 Å². The quantitative estimate of drug-likeness (QED) is 0.525. The minimum absolute atomic E-state index is 0.0671. The van der Waals surface area contributed by atoms with Crippen LogP contribution < -0.4 is 4.74 Å². The highest BCUT2D eigenvalue weighted by Crippen LogP contribution is 2.14. The van der Waals surface area contributed by atoms with Gasteiger partial charge in [0.05, 0.1) is 12.9 Å². The Bertz CT molecular complexity index is 754. The van der Waals surface area contributed by atoms with Crippen molar-refractivity contribution >= 4 is 17.9 Å². The van der Waals surface area contributed by atoms with E-state index in [1.54, 1.807) is 19.4 Å². The number of carbonyl (C=O) groups is 3. The van der Waals surface area contributed by atoms with Crippen LogP contribution in [0.4, 0.5) is 0 Å². The Morgan fingerprint density at radius 1 is 1.19 bits per heavy atom. The number of hydrogen-bond acceptors (Lipinski definition) is 6. The number of carbonyl (C=O) groups excluding carboxylic acids is 1. The molecule has 144 valence electrons. The minimum atomic E-state index is -1.26. The molecular formula is C18H20N2O7. The zero-order chi connectivity index (χ0) is 20.1. The van der Waals surface area contributed by atoms with E-state index in [-0.39, 0.29) is 12.6 Å². The number of benzene rings is 1. The standard InChI is InChI=1S/C14H16N2O3.C4H4O4/c1-2-18-14(17)10-19-13-5-3-4-12(8-13)9-16-7-6-15-11-16;5-3(6)1-2-4(7)8/h3-8,11H,2,9-10H2,1H3;1-2H,(H,5,6)(H,7,8)/b;2-1+. The van der Waals surface area contributed by atoms with Gasteiger partial charge in [0.15, 0.2) is 6.61 Å². The third kappa shape index (κ3) is 10.1. The molecule has 0 aliphatic heterocycles. The van der Waals surface area contributed by atoms with Crippen LogP contribution in [-0.2, 0) is 25.7 Å². The van der Waals surface area contributed by atoms with Crippen molar-refractivity contribution in [2.75, 3.05) is 13.2 Å². The van der Waals surface area contributed by atoms with Crippen LogP contribution in [0.3, 0.4) is 0 Å². The topological polar surface area (TPSA) is 128 Å². The van der Waals surface area contributed by atoms with Gasteiger partial charge in [0, 0.05) is 31.1 Å². The first-order valence-corrected chi connectivity index (χ1v) is 7.87. The second-order valence-corrected chi connectivity index (χ2v) is 4.99. The Morgan fingerprint density at radius 2 is 1.89 bits per heavy atom. The second kappa shape index (κ2) is 11.9. The molecule has 2 rings (SSSR count). The zero-order valence-electron chi connectivity index (χ0n) is 14.6. The van der Waals surface area contributed by atoms with Gasteiger partial charge in [-0.05, 0) is 24.6 Å². The molecular weight excluding hydrogens is 356 g/mol. The number of carboxylic acids is 2. The summed E-state index contributed by atoms with van der Waals surface area (Å²) in [5.74, 6) is -2.21. The summed E-state index contributed by atoms with van der Waals surface area (Å²) in [6, 6.07) is 7.61. The number of ether oxygens (including phenoxy) is 2. The van der Waals surface area contributed by atoms with E-state index in [0.717, 1.165) is 12.1 Å². The molecule has 0 bridgehead atoms. The lowest BCUT2D eigenvalue weighted by Crippen LogP contribution is -2.14. The average molecular weight is 376 g/mol. The summed E-state index contributed by atoms with van der Waals surface area (Å²) in [7, 11) is 0. The Morgan fingerprint density at radius 3 is 2.44 bits per heavy atom. The number of carboxylic acid groups (broad SMARTS) is 2. The second-order valence-electron chi connectivity index (χ2n) is 4.99. The summed E-state index contributed by atoms with van der Waals surface area (Å²) in [5, 5.41) is 15.6. The van der Waals surface area contributed by atoms with Gasteiger partial charge >= 0.3 is 17.9 Å². The molecule has 27 heavy (non-hydrogen) atoms. The van der Waals surface area contributed by atoms with Gasteiger partial charge in [0.25, 0.3) is 0 Å². The molecule has 1 heterocycles. The fourth-order valence-corrected chi connectivity index (χ4v) is 1.81. The first-order chi connectivity index (χ1) is 12.9. The molecule has 0 saturated carbocycles. The number of aromatic nitrogens is 2. The molecule has 2 N–H and O–H groups in total. The van der Waals surface area contributed by atoms with Crippen molar-refractivity contribution in [3.8, 4) is 5.75 Å².